The van der Waals surface area contributed by atoms with Crippen LogP contribution < -0.4 is 0 Å². The molecule has 0 aliphatic rings. The van der Waals surface area contributed by atoms with Crippen LogP contribution in [0.1, 0.15) is 0 Å². The Kier molecular flexibility index (Phi) is 18900. The van der Waals surface area contributed by atoms with Crippen LogP contribution in [0.4, 0.5) is 0 Å². The van der Waals surface area contributed by atoms with Gasteiger partial charge < -0.3 is 133 Å². The standard InChI is InChI=1S/6CN.Ni.5H2O.6Re.6HSe.2Se/c6*1-2;;;;;;;;;;;;;;;;;;;;/h;;;;;;;5*1H2;;;;;;;6*1H;;/q6*-1;;;;;;;;;;;;;;;;;;;2*-1/p+5. The van der Waals surface area contributed by atoms with Crippen LogP contribution >= 0.6 is 0 Å². The third-order valence-corrected chi connectivity index (χ3v) is 0. The summed E-state index contributed by atoms with van der Waals surface area (Å²) in [6.45, 7) is 28.5. The third kappa shape index (κ3) is 1450. The molecule has 0 spiro atoms. The Bertz CT molecular complexity index is 153. The van der Waals surface area contributed by atoms with E-state index in [0.717, 1.165) is 0 Å². The molecule has 0 aromatic rings. The third-order valence-electron chi connectivity index (χ3n) is 0. The summed E-state index contributed by atoms with van der Waals surface area (Å²) >= 11 is 0. The zero-order chi connectivity index (χ0) is 12.0. The Labute approximate surface area is 367 Å². The molecule has 0 aromatic heterocycles. The first-order valence-corrected chi connectivity index (χ1v) is 1.34. The van der Waals surface area contributed by atoms with Crippen molar-refractivity contribution >= 4 is 137 Å². The Hall–Kier alpha value is 5.36. The molecule has 14 radical (unpaired) electrons. The second-order valence-corrected chi connectivity index (χ2v) is 0. The topological polar surface area (TPSA) is 308 Å². The predicted octanol–water partition coefficient (Wildman–Crippen LogP) is -8.70. The van der Waals surface area contributed by atoms with Gasteiger partial charge in [0.15, 0.2) is 0 Å². The molecule has 0 rings (SSSR count). The number of rotatable bonds is 0. The number of hydrogen-bond acceptors (Lipinski definition) is 6. The first kappa shape index (κ1) is 383. The SMILES string of the molecule is [C-]#N.[C-]#N.[C-]#N.[C-]#N.[C-]#N.[C-]#N.[Ni].[OH3+].[OH3+].[OH3+].[OH3+].[OH3+].[Re].[Re].[Re].[Re].[Re].[Re].[Se-].[Se-].[SeH].[SeH].[SeH].[SeH].[SeH].[SeH]. The minimum atomic E-state index is 0. The summed E-state index contributed by atoms with van der Waals surface area (Å²) in [6, 6.07) is 0. The fraction of sp³-hybridized carbons (Fsp3) is 0. The summed E-state index contributed by atoms with van der Waals surface area (Å²) in [5.41, 5.74) is 0. The second kappa shape index (κ2) is 1580. The van der Waals surface area contributed by atoms with Crippen LogP contribution in [-0.4, -0.2) is 137 Å². The maximum absolute atomic E-state index is 6.25. The molecule has 0 unspecified atom stereocenters. The van der Waals surface area contributed by atoms with E-state index >= 15 is 0 Å². The van der Waals surface area contributed by atoms with Gasteiger partial charge in [-0.15, -0.1) is 0 Å². The average molecular weight is 2060 g/mol. The molecule has 0 saturated heterocycles. The molecule has 0 fully saturated rings. The van der Waals surface area contributed by atoms with Crippen molar-refractivity contribution in [3.8, 4) is 0 Å². The van der Waals surface area contributed by atoms with Gasteiger partial charge >= 0.3 is 102 Å². The first-order chi connectivity index (χ1) is 6.00. The van der Waals surface area contributed by atoms with E-state index < -0.39 is 0 Å². The van der Waals surface area contributed by atoms with Crippen molar-refractivity contribution in [3.63, 3.8) is 0 Å². The fourth-order valence-electron chi connectivity index (χ4n) is 0. The van der Waals surface area contributed by atoms with Crippen LogP contribution in [0, 0.1) is 71.0 Å². The molecular formula is C6H21N6NiO5Re6Se8-3. The van der Waals surface area contributed by atoms with Gasteiger partial charge in [-0.25, -0.2) is 0 Å². The molecule has 0 amide bonds. The van der Waals surface area contributed by atoms with E-state index in [9.17, 15) is 0 Å². The van der Waals surface area contributed by atoms with Gasteiger partial charge in [-0.2, -0.15) is 0 Å². The van der Waals surface area contributed by atoms with Crippen LogP contribution in [0.5, 0.6) is 0 Å². The van der Waals surface area contributed by atoms with E-state index in [1.54, 1.807) is 0 Å². The molecular weight excluding hydrogens is 2040 g/mol. The van der Waals surface area contributed by atoms with E-state index in [1.165, 1.54) is 0 Å². The van der Waals surface area contributed by atoms with Crippen molar-refractivity contribution in [2.45, 2.75) is 0 Å². The molecule has 0 aliphatic carbocycles. The molecule has 208 valence electrons. The van der Waals surface area contributed by atoms with Crippen molar-refractivity contribution < 1.29 is 166 Å². The zero-order valence-corrected chi connectivity index (χ0v) is 46.6. The minimum absolute atomic E-state index is 0. The van der Waals surface area contributed by atoms with Crippen LogP contribution in [-0.2, 0) is 166 Å². The van der Waals surface area contributed by atoms with Gasteiger partial charge in [-0.1, -0.05) is 0 Å². The van der Waals surface area contributed by atoms with E-state index in [4.69, 9.17) is 71.0 Å². The summed E-state index contributed by atoms with van der Waals surface area (Å²) in [4.78, 5) is 0. The number of nitrogens with zero attached hydrogens (tertiary/aromatic N) is 6. The predicted molar refractivity (Wildman–Crippen MR) is 109 cm³/mol. The zero-order valence-electron chi connectivity index (χ0n) is 14.7. The van der Waals surface area contributed by atoms with Crippen molar-refractivity contribution in [2.24, 2.45) is 0 Å². The molecule has 0 aromatic carbocycles. The van der Waals surface area contributed by atoms with Crippen molar-refractivity contribution in [1.82, 2.24) is 0 Å². The second-order valence-electron chi connectivity index (χ2n) is 0. The van der Waals surface area contributed by atoms with E-state index in [1.807, 2.05) is 0 Å². The molecule has 15 N–H and O–H groups in total. The van der Waals surface area contributed by atoms with Crippen LogP contribution in [0.15, 0.2) is 0 Å². The van der Waals surface area contributed by atoms with Gasteiger partial charge in [0.1, 0.15) is 0 Å². The van der Waals surface area contributed by atoms with Gasteiger partial charge in [-0.05, 0) is 0 Å². The van der Waals surface area contributed by atoms with E-state index in [-0.39, 0.29) is 303 Å². The van der Waals surface area contributed by atoms with Gasteiger partial charge in [0.2, 0.25) is 0 Å². The van der Waals surface area contributed by atoms with Gasteiger partial charge in [0.05, 0.1) is 0 Å². The Balaban J connectivity index is -0.000000000500. The van der Waals surface area contributed by atoms with Gasteiger partial charge in [0, 0.05) is 139 Å². The van der Waals surface area contributed by atoms with Crippen molar-refractivity contribution in [2.75, 3.05) is 0 Å². The molecule has 11 nitrogen and oxygen atoms in total. The van der Waals surface area contributed by atoms with Gasteiger partial charge in [-0.3, -0.25) is 0 Å². The summed E-state index contributed by atoms with van der Waals surface area (Å²) in [6.07, 6.45) is 0. The first-order valence-electron chi connectivity index (χ1n) is 1.34. The molecule has 0 heterocycles. The maximum atomic E-state index is 6.25. The molecule has 32 heavy (non-hydrogen) atoms. The summed E-state index contributed by atoms with van der Waals surface area (Å²) in [7, 11) is 0. The molecule has 0 bridgehead atoms. The summed E-state index contributed by atoms with van der Waals surface area (Å²) in [5.74, 6) is 0. The quantitative estimate of drug-likeness (QED) is 0.129. The normalized spacial score (nSPS) is 0.375. The van der Waals surface area contributed by atoms with Crippen LogP contribution in [0.3, 0.4) is 0 Å². The Morgan fingerprint density at radius 2 is 0.250 bits per heavy atom. The van der Waals surface area contributed by atoms with Crippen molar-refractivity contribution in [1.29, 1.82) is 31.6 Å². The average Bonchev–Trinajstić information content (AvgIpc) is 2.33. The Morgan fingerprint density at radius 1 is 0.250 bits per heavy atom. The Morgan fingerprint density at radius 3 is 0.250 bits per heavy atom. The molecule has 26 heteroatoms. The molecule has 0 atom stereocenters. The van der Waals surface area contributed by atoms with Gasteiger partial charge in [0.25, 0.3) is 0 Å². The monoisotopic (exact) mass is 2080 g/mol. The van der Waals surface area contributed by atoms with Crippen LogP contribution in [0.2, 0.25) is 0 Å². The van der Waals surface area contributed by atoms with E-state index in [2.05, 4.69) is 0 Å². The number of hydrogen-bond donors (Lipinski definition) is 0. The van der Waals surface area contributed by atoms with Crippen LogP contribution in [0.25, 0.3) is 0 Å². The van der Waals surface area contributed by atoms with E-state index in [0.29, 0.717) is 0 Å². The summed E-state index contributed by atoms with van der Waals surface area (Å²) in [5, 5.41) is 37.5. The molecule has 0 aliphatic heterocycles. The fourth-order valence-corrected chi connectivity index (χ4v) is 0. The van der Waals surface area contributed by atoms with Crippen molar-refractivity contribution in [3.05, 3.63) is 39.4 Å². The molecule has 0 saturated carbocycles. The summed E-state index contributed by atoms with van der Waals surface area (Å²) < 4.78 is 0.